The standard InChI is InChI=1S/C23H29ClF3N3O2/c24-19-3-1-2-4-20(19)28-9-11-29(12-10-28)22(32)13-18-16-5-6-17(18)15-30(14-16)21(31)7-8-23(25,26)27/h1-4,16-18H,5-15H2. The number of piperazine rings is 1. The molecule has 2 aliphatic heterocycles. The molecule has 9 heteroatoms. The van der Waals surface area contributed by atoms with Crippen LogP contribution >= 0.6 is 11.6 Å². The number of hydrogen-bond donors (Lipinski definition) is 0. The predicted molar refractivity (Wildman–Crippen MR) is 116 cm³/mol. The third-order valence-electron chi connectivity index (χ3n) is 7.24. The average molecular weight is 472 g/mol. The molecule has 5 nitrogen and oxygen atoms in total. The predicted octanol–water partition coefficient (Wildman–Crippen LogP) is 4.21. The summed E-state index contributed by atoms with van der Waals surface area (Å²) in [7, 11) is 0. The lowest BCUT2D eigenvalue weighted by Gasteiger charge is -2.40. The van der Waals surface area contributed by atoms with Crippen molar-refractivity contribution in [2.24, 2.45) is 17.8 Å². The Morgan fingerprint density at radius 2 is 1.56 bits per heavy atom. The van der Waals surface area contributed by atoms with Crippen molar-refractivity contribution in [3.63, 3.8) is 0 Å². The fraction of sp³-hybridized carbons (Fsp3) is 0.652. The Hall–Kier alpha value is -1.96. The Balaban J connectivity index is 1.27. The smallest absolute Gasteiger partial charge is 0.367 e. The van der Waals surface area contributed by atoms with E-state index in [1.165, 1.54) is 0 Å². The number of alkyl halides is 3. The fourth-order valence-corrected chi connectivity index (χ4v) is 5.77. The van der Waals surface area contributed by atoms with Crippen molar-refractivity contribution < 1.29 is 22.8 Å². The van der Waals surface area contributed by atoms with Crippen molar-refractivity contribution in [1.82, 2.24) is 9.80 Å². The molecule has 0 N–H and O–H groups in total. The van der Waals surface area contributed by atoms with Crippen molar-refractivity contribution in [3.8, 4) is 0 Å². The molecule has 3 fully saturated rings. The molecular formula is C23H29ClF3N3O2. The van der Waals surface area contributed by atoms with E-state index in [1.807, 2.05) is 29.2 Å². The molecule has 2 bridgehead atoms. The molecule has 0 spiro atoms. The van der Waals surface area contributed by atoms with Gasteiger partial charge in [-0.1, -0.05) is 23.7 Å². The first-order valence-corrected chi connectivity index (χ1v) is 11.7. The summed E-state index contributed by atoms with van der Waals surface area (Å²) >= 11 is 6.29. The van der Waals surface area contributed by atoms with Gasteiger partial charge in [-0.2, -0.15) is 13.2 Å². The lowest BCUT2D eigenvalue weighted by Crippen LogP contribution is -2.50. The van der Waals surface area contributed by atoms with Gasteiger partial charge in [0.25, 0.3) is 0 Å². The van der Waals surface area contributed by atoms with Gasteiger partial charge in [0.2, 0.25) is 11.8 Å². The molecule has 2 amide bonds. The monoisotopic (exact) mass is 471 g/mol. The van der Waals surface area contributed by atoms with Gasteiger partial charge in [-0.25, -0.2) is 0 Å². The first kappa shape index (κ1) is 23.2. The number of para-hydroxylation sites is 1. The van der Waals surface area contributed by atoms with Gasteiger partial charge in [0, 0.05) is 52.1 Å². The second-order valence-electron chi connectivity index (χ2n) is 9.20. The van der Waals surface area contributed by atoms with Gasteiger partial charge in [-0.15, -0.1) is 0 Å². The average Bonchev–Trinajstić information content (AvgIpc) is 2.98. The molecule has 0 radical (unpaired) electrons. The van der Waals surface area contributed by atoms with E-state index in [2.05, 4.69) is 4.90 Å². The zero-order valence-electron chi connectivity index (χ0n) is 18.0. The molecule has 1 aliphatic carbocycles. The first-order valence-electron chi connectivity index (χ1n) is 11.3. The van der Waals surface area contributed by atoms with Crippen molar-refractivity contribution in [1.29, 1.82) is 0 Å². The fourth-order valence-electron chi connectivity index (χ4n) is 5.51. The number of rotatable bonds is 5. The Bertz CT molecular complexity index is 828. The van der Waals surface area contributed by atoms with Crippen LogP contribution in [0, 0.1) is 17.8 Å². The van der Waals surface area contributed by atoms with Gasteiger partial charge in [0.05, 0.1) is 17.1 Å². The minimum atomic E-state index is -4.31. The van der Waals surface area contributed by atoms with Crippen LogP contribution in [0.4, 0.5) is 18.9 Å². The summed E-state index contributed by atoms with van der Waals surface area (Å²) in [6.45, 7) is 3.71. The summed E-state index contributed by atoms with van der Waals surface area (Å²) in [4.78, 5) is 30.9. The van der Waals surface area contributed by atoms with Crippen LogP contribution in [0.15, 0.2) is 24.3 Å². The Labute approximate surface area is 191 Å². The summed E-state index contributed by atoms with van der Waals surface area (Å²) in [5, 5.41) is 0.709. The van der Waals surface area contributed by atoms with Crippen LogP contribution in [-0.4, -0.2) is 67.1 Å². The van der Waals surface area contributed by atoms with E-state index in [0.29, 0.717) is 37.6 Å². The maximum absolute atomic E-state index is 13.0. The molecule has 1 aromatic rings. The van der Waals surface area contributed by atoms with Gasteiger partial charge in [0.1, 0.15) is 0 Å². The molecule has 3 aliphatic rings. The molecule has 32 heavy (non-hydrogen) atoms. The molecule has 1 saturated carbocycles. The Morgan fingerprint density at radius 3 is 2.16 bits per heavy atom. The van der Waals surface area contributed by atoms with E-state index in [9.17, 15) is 22.8 Å². The number of fused-ring (bicyclic) bond motifs is 2. The number of halogens is 4. The Kier molecular flexibility index (Phi) is 6.89. The second kappa shape index (κ2) is 9.49. The van der Waals surface area contributed by atoms with E-state index >= 15 is 0 Å². The topological polar surface area (TPSA) is 43.9 Å². The van der Waals surface area contributed by atoms with E-state index in [-0.39, 0.29) is 23.7 Å². The van der Waals surface area contributed by atoms with Gasteiger partial charge in [-0.05, 0) is 42.7 Å². The lowest BCUT2D eigenvalue weighted by molar-refractivity contribution is -0.151. The Morgan fingerprint density at radius 1 is 0.938 bits per heavy atom. The second-order valence-corrected chi connectivity index (χ2v) is 9.61. The van der Waals surface area contributed by atoms with E-state index < -0.39 is 24.9 Å². The van der Waals surface area contributed by atoms with Crippen LogP contribution < -0.4 is 4.90 Å². The largest absolute Gasteiger partial charge is 0.389 e. The molecule has 176 valence electrons. The molecule has 0 aromatic heterocycles. The number of anilines is 1. The summed E-state index contributed by atoms with van der Waals surface area (Å²) < 4.78 is 37.3. The van der Waals surface area contributed by atoms with Crippen LogP contribution in [0.2, 0.25) is 5.02 Å². The van der Waals surface area contributed by atoms with Crippen molar-refractivity contribution in [2.75, 3.05) is 44.2 Å². The van der Waals surface area contributed by atoms with Crippen molar-refractivity contribution in [2.45, 2.75) is 38.3 Å². The van der Waals surface area contributed by atoms with E-state index in [1.54, 1.807) is 4.90 Å². The normalized spacial score (nSPS) is 25.9. The number of hydrogen-bond acceptors (Lipinski definition) is 3. The summed E-state index contributed by atoms with van der Waals surface area (Å²) in [5.41, 5.74) is 0.988. The van der Waals surface area contributed by atoms with Gasteiger partial charge in [-0.3, -0.25) is 9.59 Å². The third-order valence-corrected chi connectivity index (χ3v) is 7.56. The van der Waals surface area contributed by atoms with E-state index in [4.69, 9.17) is 11.6 Å². The zero-order valence-corrected chi connectivity index (χ0v) is 18.7. The van der Waals surface area contributed by atoms with Crippen LogP contribution in [-0.2, 0) is 9.59 Å². The number of benzene rings is 1. The molecule has 2 saturated heterocycles. The molecule has 2 heterocycles. The summed E-state index contributed by atoms with van der Waals surface area (Å²) in [6, 6.07) is 7.70. The SMILES string of the molecule is O=C(CC1C2CCC1CN(C(=O)CCC(F)(F)F)C2)N1CCN(c2ccccc2Cl)CC1. The van der Waals surface area contributed by atoms with Gasteiger partial charge < -0.3 is 14.7 Å². The number of amides is 2. The molecule has 2 atom stereocenters. The maximum atomic E-state index is 13.0. The van der Waals surface area contributed by atoms with Crippen LogP contribution in [0.5, 0.6) is 0 Å². The summed E-state index contributed by atoms with van der Waals surface area (Å²) in [6.07, 6.45) is -3.53. The van der Waals surface area contributed by atoms with Gasteiger partial charge in [0.15, 0.2) is 0 Å². The summed E-state index contributed by atoms with van der Waals surface area (Å²) in [5.74, 6) is 0.354. The third kappa shape index (κ3) is 5.33. The highest BCUT2D eigenvalue weighted by Crippen LogP contribution is 2.44. The van der Waals surface area contributed by atoms with Crippen LogP contribution in [0.25, 0.3) is 0 Å². The van der Waals surface area contributed by atoms with Crippen LogP contribution in [0.3, 0.4) is 0 Å². The number of nitrogens with zero attached hydrogens (tertiary/aromatic N) is 3. The maximum Gasteiger partial charge on any atom is 0.389 e. The van der Waals surface area contributed by atoms with Gasteiger partial charge >= 0.3 is 6.18 Å². The van der Waals surface area contributed by atoms with Crippen molar-refractivity contribution in [3.05, 3.63) is 29.3 Å². The molecular weight excluding hydrogens is 443 g/mol. The highest BCUT2D eigenvalue weighted by molar-refractivity contribution is 6.33. The highest BCUT2D eigenvalue weighted by atomic mass is 35.5. The molecule has 4 rings (SSSR count). The molecule has 2 unspecified atom stereocenters. The minimum Gasteiger partial charge on any atom is -0.367 e. The lowest BCUT2D eigenvalue weighted by atomic mass is 9.82. The number of piperidine rings is 1. The quantitative estimate of drug-likeness (QED) is 0.646. The van der Waals surface area contributed by atoms with E-state index in [0.717, 1.165) is 31.6 Å². The van der Waals surface area contributed by atoms with Crippen molar-refractivity contribution >= 4 is 29.1 Å². The van der Waals surface area contributed by atoms with Crippen LogP contribution in [0.1, 0.15) is 32.1 Å². The number of carbonyl (C=O) groups excluding carboxylic acids is 2. The number of carbonyl (C=O) groups is 2. The highest BCUT2D eigenvalue weighted by Gasteiger charge is 2.44. The minimum absolute atomic E-state index is 0.141. The number of likely N-dealkylation sites (tertiary alicyclic amines) is 1. The first-order chi connectivity index (χ1) is 15.2. The molecule has 1 aromatic carbocycles. The zero-order chi connectivity index (χ0) is 22.9.